The molecule has 4 aromatic rings. The summed E-state index contributed by atoms with van der Waals surface area (Å²) in [4.78, 5) is 31.2. The van der Waals surface area contributed by atoms with Crippen LogP contribution in [0.25, 0.3) is 22.0 Å². The van der Waals surface area contributed by atoms with Gasteiger partial charge in [-0.25, -0.2) is 4.79 Å². The second-order valence-corrected chi connectivity index (χ2v) is 9.77. The van der Waals surface area contributed by atoms with Crippen LogP contribution in [0.5, 0.6) is 0 Å². The lowest BCUT2D eigenvalue weighted by molar-refractivity contribution is -0.137. The van der Waals surface area contributed by atoms with Gasteiger partial charge in [-0.15, -0.1) is 0 Å². The first-order valence-corrected chi connectivity index (χ1v) is 12.6. The molecule has 0 unspecified atom stereocenters. The Morgan fingerprint density at radius 3 is 2.16 bits per heavy atom. The van der Waals surface area contributed by atoms with Gasteiger partial charge < -0.3 is 9.80 Å². The minimum Gasteiger partial charge on any atom is -0.369 e. The van der Waals surface area contributed by atoms with E-state index in [0.717, 1.165) is 49.6 Å². The highest BCUT2D eigenvalue weighted by atomic mass is 19.4. The zero-order valence-corrected chi connectivity index (χ0v) is 21.3. The van der Waals surface area contributed by atoms with Crippen molar-refractivity contribution < 1.29 is 13.2 Å². The molecule has 0 saturated carbocycles. The number of aromatic nitrogens is 2. The summed E-state index contributed by atoms with van der Waals surface area (Å²) in [6.45, 7) is 4.05. The van der Waals surface area contributed by atoms with E-state index < -0.39 is 17.4 Å². The van der Waals surface area contributed by atoms with Crippen molar-refractivity contribution in [1.29, 1.82) is 0 Å². The number of halogens is 3. The minimum atomic E-state index is -4.41. The molecule has 0 bridgehead atoms. The van der Waals surface area contributed by atoms with E-state index in [9.17, 15) is 22.8 Å². The third kappa shape index (κ3) is 4.98. The topological polar surface area (TPSA) is 50.5 Å². The van der Waals surface area contributed by atoms with Crippen molar-refractivity contribution in [1.82, 2.24) is 14.0 Å². The van der Waals surface area contributed by atoms with E-state index in [0.29, 0.717) is 28.5 Å². The molecule has 9 heteroatoms. The van der Waals surface area contributed by atoms with Crippen molar-refractivity contribution in [3.63, 3.8) is 0 Å². The van der Waals surface area contributed by atoms with Gasteiger partial charge in [0.15, 0.2) is 0 Å². The molecule has 1 aliphatic rings. The number of piperazine rings is 1. The summed E-state index contributed by atoms with van der Waals surface area (Å²) in [5.41, 5.74) is 2.31. The lowest BCUT2D eigenvalue weighted by Gasteiger charge is -2.35. The third-order valence-corrected chi connectivity index (χ3v) is 7.34. The summed E-state index contributed by atoms with van der Waals surface area (Å²) in [5, 5.41) is 0.384. The first-order valence-electron chi connectivity index (χ1n) is 12.6. The maximum absolute atomic E-state index is 13.4. The molecule has 2 heterocycles. The van der Waals surface area contributed by atoms with E-state index >= 15 is 0 Å². The SMILES string of the molecule is CN1CCN(c2ccccc2CCn2c(=O)c3ccc(-c4ccc(C(F)(F)F)cc4)cc3n(C)c2=O)CC1. The molecule has 1 aliphatic heterocycles. The van der Waals surface area contributed by atoms with E-state index in [1.165, 1.54) is 21.3 Å². The van der Waals surface area contributed by atoms with E-state index in [1.54, 1.807) is 25.2 Å². The molecule has 198 valence electrons. The molecule has 1 aromatic heterocycles. The van der Waals surface area contributed by atoms with E-state index in [1.807, 2.05) is 18.2 Å². The van der Waals surface area contributed by atoms with Crippen LogP contribution in [-0.2, 0) is 26.2 Å². The molecule has 1 saturated heterocycles. The van der Waals surface area contributed by atoms with Gasteiger partial charge in [-0.2, -0.15) is 13.2 Å². The van der Waals surface area contributed by atoms with Gasteiger partial charge in [0.05, 0.1) is 16.5 Å². The molecule has 0 atom stereocenters. The number of nitrogens with zero attached hydrogens (tertiary/aromatic N) is 4. The van der Waals surface area contributed by atoms with Gasteiger partial charge in [-0.1, -0.05) is 36.4 Å². The van der Waals surface area contributed by atoms with Gasteiger partial charge >= 0.3 is 11.9 Å². The molecular weight excluding hydrogens is 493 g/mol. The van der Waals surface area contributed by atoms with Gasteiger partial charge in [0.1, 0.15) is 0 Å². The zero-order chi connectivity index (χ0) is 27.0. The third-order valence-electron chi connectivity index (χ3n) is 7.34. The molecular formula is C29H29F3N4O2. The summed E-state index contributed by atoms with van der Waals surface area (Å²) < 4.78 is 41.5. The highest BCUT2D eigenvalue weighted by molar-refractivity contribution is 5.84. The summed E-state index contributed by atoms with van der Waals surface area (Å²) in [6.07, 6.45) is -3.88. The Morgan fingerprint density at radius 1 is 0.816 bits per heavy atom. The number of hydrogen-bond acceptors (Lipinski definition) is 4. The summed E-state index contributed by atoms with van der Waals surface area (Å²) >= 11 is 0. The first kappa shape index (κ1) is 25.8. The maximum atomic E-state index is 13.4. The van der Waals surface area contributed by atoms with Crippen LogP contribution in [0.3, 0.4) is 0 Å². The number of para-hydroxylation sites is 1. The summed E-state index contributed by atoms with van der Waals surface area (Å²) in [5.74, 6) is 0. The van der Waals surface area contributed by atoms with Gasteiger partial charge in [0.25, 0.3) is 5.56 Å². The second-order valence-electron chi connectivity index (χ2n) is 9.77. The summed E-state index contributed by atoms with van der Waals surface area (Å²) in [6, 6.07) is 17.9. The van der Waals surface area contributed by atoms with Crippen LogP contribution in [0.2, 0.25) is 0 Å². The highest BCUT2D eigenvalue weighted by Crippen LogP contribution is 2.31. The second kappa shape index (κ2) is 10.1. The molecule has 0 amide bonds. The lowest BCUT2D eigenvalue weighted by atomic mass is 10.0. The van der Waals surface area contributed by atoms with E-state index in [4.69, 9.17) is 0 Å². The largest absolute Gasteiger partial charge is 0.416 e. The van der Waals surface area contributed by atoms with Gasteiger partial charge in [0.2, 0.25) is 0 Å². The number of alkyl halides is 3. The van der Waals surface area contributed by atoms with Crippen LogP contribution >= 0.6 is 0 Å². The number of benzene rings is 3. The van der Waals surface area contributed by atoms with Crippen LogP contribution in [-0.4, -0.2) is 47.3 Å². The number of aryl methyl sites for hydroxylation is 2. The Labute approximate surface area is 218 Å². The van der Waals surface area contributed by atoms with Crippen LogP contribution in [0.1, 0.15) is 11.1 Å². The van der Waals surface area contributed by atoms with Crippen LogP contribution in [0.15, 0.2) is 76.3 Å². The molecule has 0 spiro atoms. The lowest BCUT2D eigenvalue weighted by Crippen LogP contribution is -2.45. The zero-order valence-electron chi connectivity index (χ0n) is 21.3. The van der Waals surface area contributed by atoms with Crippen LogP contribution < -0.4 is 16.1 Å². The van der Waals surface area contributed by atoms with Crippen molar-refractivity contribution in [3.05, 3.63) is 98.7 Å². The molecule has 38 heavy (non-hydrogen) atoms. The number of rotatable bonds is 5. The Morgan fingerprint density at radius 2 is 1.47 bits per heavy atom. The van der Waals surface area contributed by atoms with Crippen LogP contribution in [0, 0.1) is 0 Å². The van der Waals surface area contributed by atoms with Crippen molar-refractivity contribution in [2.75, 3.05) is 38.1 Å². The van der Waals surface area contributed by atoms with Crippen molar-refractivity contribution in [2.45, 2.75) is 19.1 Å². The molecule has 0 N–H and O–H groups in total. The smallest absolute Gasteiger partial charge is 0.369 e. The molecule has 1 fully saturated rings. The Hall–Kier alpha value is -3.85. The fourth-order valence-corrected chi connectivity index (χ4v) is 5.05. The van der Waals surface area contributed by atoms with Crippen molar-refractivity contribution >= 4 is 16.6 Å². The number of hydrogen-bond donors (Lipinski definition) is 0. The first-order chi connectivity index (χ1) is 18.1. The molecule has 6 nitrogen and oxygen atoms in total. The molecule has 3 aromatic carbocycles. The quantitative estimate of drug-likeness (QED) is 0.391. The fourth-order valence-electron chi connectivity index (χ4n) is 5.05. The maximum Gasteiger partial charge on any atom is 0.416 e. The normalized spacial score (nSPS) is 14.8. The summed E-state index contributed by atoms with van der Waals surface area (Å²) in [7, 11) is 3.72. The van der Waals surface area contributed by atoms with Gasteiger partial charge in [-0.05, 0) is 60.5 Å². The Balaban J connectivity index is 1.44. The predicted molar refractivity (Wildman–Crippen MR) is 144 cm³/mol. The number of fused-ring (bicyclic) bond motifs is 1. The molecule has 0 radical (unpaired) electrons. The Bertz CT molecular complexity index is 1580. The van der Waals surface area contributed by atoms with Gasteiger partial charge in [-0.3, -0.25) is 13.9 Å². The standard InChI is InChI=1S/C29H29F3N4O2/c1-33-15-17-35(18-16-33)25-6-4-3-5-21(25)13-14-36-27(37)24-12-9-22(19-26(24)34(2)28(36)38)20-7-10-23(11-8-20)29(30,31)32/h3-12,19H,13-18H2,1-2H3. The van der Waals surface area contributed by atoms with Crippen molar-refractivity contribution in [3.8, 4) is 11.1 Å². The highest BCUT2D eigenvalue weighted by Gasteiger charge is 2.30. The number of anilines is 1. The average molecular weight is 523 g/mol. The fraction of sp³-hybridized carbons (Fsp3) is 0.310. The monoisotopic (exact) mass is 522 g/mol. The predicted octanol–water partition coefficient (Wildman–Crippen LogP) is 4.38. The van der Waals surface area contributed by atoms with Gasteiger partial charge in [0, 0.05) is 45.5 Å². The van der Waals surface area contributed by atoms with E-state index in [2.05, 4.69) is 22.9 Å². The van der Waals surface area contributed by atoms with E-state index in [-0.39, 0.29) is 12.1 Å². The Kier molecular flexibility index (Phi) is 6.88. The molecule has 5 rings (SSSR count). The average Bonchev–Trinajstić information content (AvgIpc) is 2.92. The van der Waals surface area contributed by atoms with Crippen LogP contribution in [0.4, 0.5) is 18.9 Å². The van der Waals surface area contributed by atoms with Crippen molar-refractivity contribution in [2.24, 2.45) is 7.05 Å². The number of likely N-dealkylation sites (N-methyl/N-ethyl adjacent to an activating group) is 1. The molecule has 0 aliphatic carbocycles. The minimum absolute atomic E-state index is 0.243.